The Morgan fingerprint density at radius 1 is 1.12 bits per heavy atom. The van der Waals surface area contributed by atoms with Crippen molar-refractivity contribution in [2.75, 3.05) is 32.0 Å². The summed E-state index contributed by atoms with van der Waals surface area (Å²) < 4.78 is 28.1. The third-order valence-corrected chi connectivity index (χ3v) is 7.66. The highest BCUT2D eigenvalue weighted by molar-refractivity contribution is 5.82. The number of nitrogen functional groups attached to an aromatic ring is 1. The number of aliphatic carboxylic acids is 1. The second-order valence-corrected chi connectivity index (χ2v) is 11.0. The summed E-state index contributed by atoms with van der Waals surface area (Å²) in [5, 5.41) is 9.00. The molecule has 0 unspecified atom stereocenters. The number of carboxylic acid groups (broad SMARTS) is 1. The van der Waals surface area contributed by atoms with Crippen LogP contribution in [0.3, 0.4) is 0 Å². The van der Waals surface area contributed by atoms with E-state index in [1.54, 1.807) is 24.3 Å². The minimum absolute atomic E-state index is 0.0335. The first kappa shape index (κ1) is 30.0. The summed E-state index contributed by atoms with van der Waals surface area (Å²) >= 11 is 0. The van der Waals surface area contributed by atoms with Crippen LogP contribution in [0, 0.1) is 11.7 Å². The van der Waals surface area contributed by atoms with E-state index >= 15 is 4.39 Å². The van der Waals surface area contributed by atoms with Gasteiger partial charge < -0.3 is 25.3 Å². The Morgan fingerprint density at radius 3 is 2.67 bits per heavy atom. The zero-order valence-electron chi connectivity index (χ0n) is 24.2. The number of piperidine rings is 1. The fraction of sp³-hybridized carbons (Fsp3) is 0.419. The summed E-state index contributed by atoms with van der Waals surface area (Å²) in [5.74, 6) is -0.0291. The molecule has 0 aliphatic carbocycles. The SMILES string of the molecule is CCCCOc1nc(N)c2[nH]c(=O)n(Cc3ccc(CN4CCC(COc5cccc(CC(=O)O)c5)CC4)c(F)c3)c2n1. The first-order valence-corrected chi connectivity index (χ1v) is 14.6. The van der Waals surface area contributed by atoms with Crippen molar-refractivity contribution in [1.82, 2.24) is 24.4 Å². The van der Waals surface area contributed by atoms with Crippen molar-refractivity contribution in [2.24, 2.45) is 5.92 Å². The van der Waals surface area contributed by atoms with Gasteiger partial charge >= 0.3 is 17.7 Å². The number of halogens is 1. The van der Waals surface area contributed by atoms with Gasteiger partial charge in [0.2, 0.25) is 0 Å². The minimum atomic E-state index is -0.872. The number of hydrogen-bond donors (Lipinski definition) is 3. The van der Waals surface area contributed by atoms with Crippen LogP contribution >= 0.6 is 0 Å². The molecule has 1 fully saturated rings. The van der Waals surface area contributed by atoms with Gasteiger partial charge in [0.25, 0.3) is 0 Å². The number of nitrogens with one attached hydrogen (secondary N) is 1. The van der Waals surface area contributed by atoms with Gasteiger partial charge in [0, 0.05) is 12.1 Å². The molecule has 0 atom stereocenters. The van der Waals surface area contributed by atoms with Gasteiger partial charge in [-0.1, -0.05) is 37.6 Å². The number of carbonyl (C=O) groups is 1. The maximum absolute atomic E-state index is 15.2. The molecule has 0 saturated carbocycles. The number of ether oxygens (including phenoxy) is 2. The topological polar surface area (TPSA) is 149 Å². The van der Waals surface area contributed by atoms with Crippen LogP contribution in [0.2, 0.25) is 0 Å². The van der Waals surface area contributed by atoms with E-state index in [1.807, 2.05) is 19.1 Å². The highest BCUT2D eigenvalue weighted by atomic mass is 19.1. The van der Waals surface area contributed by atoms with Crippen molar-refractivity contribution in [3.05, 3.63) is 75.5 Å². The summed E-state index contributed by atoms with van der Waals surface area (Å²) in [4.78, 5) is 37.1. The Hall–Kier alpha value is -4.45. The number of unbranched alkanes of at least 4 members (excludes halogenated alkanes) is 1. The molecule has 43 heavy (non-hydrogen) atoms. The van der Waals surface area contributed by atoms with Crippen molar-refractivity contribution in [3.8, 4) is 11.8 Å². The lowest BCUT2D eigenvalue weighted by Gasteiger charge is -2.32. The second kappa shape index (κ2) is 13.7. The Morgan fingerprint density at radius 2 is 1.93 bits per heavy atom. The third kappa shape index (κ3) is 7.69. The van der Waals surface area contributed by atoms with E-state index in [0.717, 1.165) is 38.8 Å². The van der Waals surface area contributed by atoms with E-state index in [4.69, 9.17) is 20.3 Å². The summed E-state index contributed by atoms with van der Waals surface area (Å²) in [5.41, 5.74) is 8.19. The van der Waals surface area contributed by atoms with Gasteiger partial charge in [-0.2, -0.15) is 9.97 Å². The Labute approximate surface area is 248 Å². The maximum atomic E-state index is 15.2. The van der Waals surface area contributed by atoms with Gasteiger partial charge in [0.15, 0.2) is 11.5 Å². The molecule has 1 saturated heterocycles. The number of benzene rings is 2. The number of rotatable bonds is 13. The zero-order valence-corrected chi connectivity index (χ0v) is 24.2. The molecule has 228 valence electrons. The summed E-state index contributed by atoms with van der Waals surface area (Å²) in [7, 11) is 0. The number of aromatic nitrogens is 4. The molecule has 4 N–H and O–H groups in total. The molecule has 0 spiro atoms. The average Bonchev–Trinajstić information content (AvgIpc) is 3.29. The molecule has 0 bridgehead atoms. The molecule has 2 aromatic carbocycles. The van der Waals surface area contributed by atoms with Crippen LogP contribution in [0.25, 0.3) is 11.2 Å². The predicted octanol–water partition coefficient (Wildman–Crippen LogP) is 3.99. The standard InChI is InChI=1S/C31H37FN6O5/c1-2-3-13-42-30-35-28(33)27-29(36-30)38(31(41)34-27)17-22-7-8-23(25(32)15-22)18-37-11-9-20(10-12-37)19-43-24-6-4-5-21(14-24)16-26(39)40/h4-8,14-15,20H,2-3,9-13,16-19H2,1H3,(H,34,41)(H,39,40)(H2,33,35,36). The highest BCUT2D eigenvalue weighted by Gasteiger charge is 2.21. The normalized spacial score (nSPS) is 14.3. The van der Waals surface area contributed by atoms with Crippen molar-refractivity contribution < 1.29 is 23.8 Å². The molecule has 2 aromatic heterocycles. The van der Waals surface area contributed by atoms with Gasteiger partial charge in [-0.3, -0.25) is 14.3 Å². The molecule has 1 aliphatic heterocycles. The smallest absolute Gasteiger partial charge is 0.328 e. The van der Waals surface area contributed by atoms with Crippen LogP contribution in [0.4, 0.5) is 10.2 Å². The molecule has 1 aliphatic rings. The van der Waals surface area contributed by atoms with Crippen molar-refractivity contribution in [3.63, 3.8) is 0 Å². The zero-order chi connectivity index (χ0) is 30.3. The summed E-state index contributed by atoms with van der Waals surface area (Å²) in [6.45, 7) is 5.30. The Balaban J connectivity index is 1.16. The van der Waals surface area contributed by atoms with Crippen LogP contribution in [-0.4, -0.2) is 61.8 Å². The van der Waals surface area contributed by atoms with Crippen molar-refractivity contribution in [1.29, 1.82) is 0 Å². The molecule has 12 heteroatoms. The van der Waals surface area contributed by atoms with Crippen LogP contribution in [-0.2, 0) is 24.3 Å². The molecular formula is C31H37FN6O5. The van der Waals surface area contributed by atoms with E-state index in [2.05, 4.69) is 19.9 Å². The number of carboxylic acids is 1. The van der Waals surface area contributed by atoms with Gasteiger partial charge in [-0.05, 0) is 67.6 Å². The third-order valence-electron chi connectivity index (χ3n) is 7.66. The number of imidazole rings is 1. The number of nitrogens with zero attached hydrogens (tertiary/aromatic N) is 4. The number of likely N-dealkylation sites (tertiary alicyclic amines) is 1. The van der Waals surface area contributed by atoms with E-state index in [0.29, 0.717) is 59.3 Å². The fourth-order valence-electron chi connectivity index (χ4n) is 5.24. The Bertz CT molecular complexity index is 1630. The average molecular weight is 593 g/mol. The Kier molecular flexibility index (Phi) is 9.55. The van der Waals surface area contributed by atoms with Crippen LogP contribution in [0.15, 0.2) is 47.3 Å². The van der Waals surface area contributed by atoms with E-state index in [1.165, 1.54) is 10.6 Å². The van der Waals surface area contributed by atoms with E-state index < -0.39 is 11.7 Å². The maximum Gasteiger partial charge on any atom is 0.328 e. The molecule has 5 rings (SSSR count). The lowest BCUT2D eigenvalue weighted by atomic mass is 9.97. The summed E-state index contributed by atoms with van der Waals surface area (Å²) in [6.07, 6.45) is 3.61. The first-order valence-electron chi connectivity index (χ1n) is 14.6. The molecule has 0 amide bonds. The molecule has 11 nitrogen and oxygen atoms in total. The van der Waals surface area contributed by atoms with Crippen molar-refractivity contribution in [2.45, 2.75) is 52.1 Å². The number of H-pyrrole nitrogens is 1. The monoisotopic (exact) mass is 592 g/mol. The van der Waals surface area contributed by atoms with Crippen LogP contribution in [0.5, 0.6) is 11.8 Å². The quantitative estimate of drug-likeness (QED) is 0.196. The van der Waals surface area contributed by atoms with Crippen LogP contribution < -0.4 is 20.9 Å². The van der Waals surface area contributed by atoms with E-state index in [-0.39, 0.29) is 30.6 Å². The fourth-order valence-corrected chi connectivity index (χ4v) is 5.24. The largest absolute Gasteiger partial charge is 0.493 e. The van der Waals surface area contributed by atoms with Crippen molar-refractivity contribution >= 4 is 23.0 Å². The van der Waals surface area contributed by atoms with Gasteiger partial charge in [-0.25, -0.2) is 9.18 Å². The van der Waals surface area contributed by atoms with Crippen LogP contribution in [0.1, 0.15) is 49.3 Å². The molecule has 4 aromatic rings. The van der Waals surface area contributed by atoms with E-state index in [9.17, 15) is 9.59 Å². The number of hydrogen-bond acceptors (Lipinski definition) is 8. The number of anilines is 1. The number of nitrogens with two attached hydrogens (primary N) is 1. The molecule has 3 heterocycles. The predicted molar refractivity (Wildman–Crippen MR) is 160 cm³/mol. The highest BCUT2D eigenvalue weighted by Crippen LogP contribution is 2.24. The second-order valence-electron chi connectivity index (χ2n) is 11.0. The molecule has 0 radical (unpaired) electrons. The number of aromatic amines is 1. The summed E-state index contributed by atoms with van der Waals surface area (Å²) in [6, 6.07) is 12.4. The first-order chi connectivity index (χ1) is 20.8. The van der Waals surface area contributed by atoms with Gasteiger partial charge in [0.1, 0.15) is 17.1 Å². The van der Waals surface area contributed by atoms with Gasteiger partial charge in [-0.15, -0.1) is 0 Å². The van der Waals surface area contributed by atoms with Gasteiger partial charge in [0.05, 0.1) is 26.2 Å². The number of fused-ring (bicyclic) bond motifs is 1. The lowest BCUT2D eigenvalue weighted by molar-refractivity contribution is -0.136. The minimum Gasteiger partial charge on any atom is -0.493 e. The lowest BCUT2D eigenvalue weighted by Crippen LogP contribution is -2.35. The molecular weight excluding hydrogens is 555 g/mol.